The van der Waals surface area contributed by atoms with Gasteiger partial charge in [-0.15, -0.1) is 12.4 Å². The average molecular weight is 326 g/mol. The van der Waals surface area contributed by atoms with Crippen LogP contribution in [0.15, 0.2) is 6.07 Å². The summed E-state index contributed by atoms with van der Waals surface area (Å²) in [6.07, 6.45) is 0.707. The Labute approximate surface area is 137 Å². The number of carbonyl (C=O) groups is 2. The molecule has 0 saturated carbocycles. The number of benzene rings is 1. The van der Waals surface area contributed by atoms with Crippen LogP contribution in [0.2, 0.25) is 0 Å². The summed E-state index contributed by atoms with van der Waals surface area (Å²) in [5, 5.41) is 9.09. The van der Waals surface area contributed by atoms with Gasteiger partial charge in [0.2, 0.25) is 0 Å². The number of carboxylic acid groups (broad SMARTS) is 1. The number of rotatable bonds is 4. The van der Waals surface area contributed by atoms with Crippen LogP contribution in [0.1, 0.15) is 46.0 Å². The van der Waals surface area contributed by atoms with E-state index < -0.39 is 5.97 Å². The first kappa shape index (κ1) is 18.7. The van der Waals surface area contributed by atoms with Crippen LogP contribution in [-0.2, 0) is 11.3 Å². The van der Waals surface area contributed by atoms with E-state index in [0.29, 0.717) is 13.0 Å². The number of carbonyl (C=O) groups excluding carboxylic acids is 1. The highest BCUT2D eigenvalue weighted by molar-refractivity contribution is 5.97. The highest BCUT2D eigenvalue weighted by Gasteiger charge is 2.28. The van der Waals surface area contributed by atoms with Crippen molar-refractivity contribution in [2.24, 2.45) is 5.92 Å². The molecule has 0 bridgehead atoms. The number of ketones is 1. The largest absolute Gasteiger partial charge is 0.481 e. The summed E-state index contributed by atoms with van der Waals surface area (Å²) in [4.78, 5) is 25.1. The van der Waals surface area contributed by atoms with E-state index in [-0.39, 0.29) is 24.1 Å². The predicted molar refractivity (Wildman–Crippen MR) is 88.9 cm³/mol. The van der Waals surface area contributed by atoms with E-state index in [4.69, 9.17) is 5.11 Å². The van der Waals surface area contributed by atoms with Gasteiger partial charge in [0.25, 0.3) is 0 Å². The van der Waals surface area contributed by atoms with Gasteiger partial charge in [0, 0.05) is 18.7 Å². The smallest absolute Gasteiger partial charge is 0.307 e. The molecule has 0 spiro atoms. The number of carboxylic acids is 1. The lowest BCUT2D eigenvalue weighted by molar-refractivity contribution is -0.141. The molecular formula is C17H24ClNO3. The summed E-state index contributed by atoms with van der Waals surface area (Å²) >= 11 is 0. The molecule has 122 valence electrons. The van der Waals surface area contributed by atoms with Crippen LogP contribution in [0.5, 0.6) is 0 Å². The van der Waals surface area contributed by atoms with Crippen LogP contribution in [-0.4, -0.2) is 34.8 Å². The number of aliphatic carboxylic acids is 1. The molecule has 0 aromatic heterocycles. The fourth-order valence-corrected chi connectivity index (χ4v) is 3.41. The molecular weight excluding hydrogens is 302 g/mol. The van der Waals surface area contributed by atoms with Crippen LogP contribution in [0.3, 0.4) is 0 Å². The normalized spacial score (nSPS) is 18.1. The van der Waals surface area contributed by atoms with E-state index in [1.165, 1.54) is 5.56 Å². The molecule has 4 nitrogen and oxygen atoms in total. The fraction of sp³-hybridized carbons (Fsp3) is 0.529. The molecule has 2 rings (SSSR count). The number of Topliss-reactive ketones (excluding diaryl/α,β-unsaturated/α-hetero) is 1. The van der Waals surface area contributed by atoms with Gasteiger partial charge in [-0.3, -0.25) is 14.5 Å². The first-order valence-corrected chi connectivity index (χ1v) is 7.37. The lowest BCUT2D eigenvalue weighted by Crippen LogP contribution is -2.24. The minimum absolute atomic E-state index is 0. The van der Waals surface area contributed by atoms with E-state index in [2.05, 4.69) is 17.9 Å². The molecule has 1 aromatic carbocycles. The van der Waals surface area contributed by atoms with Crippen LogP contribution in [0.4, 0.5) is 0 Å². The van der Waals surface area contributed by atoms with Crippen molar-refractivity contribution in [2.75, 3.05) is 13.1 Å². The second-order valence-corrected chi connectivity index (χ2v) is 6.10. The molecule has 1 atom stereocenters. The van der Waals surface area contributed by atoms with E-state index in [0.717, 1.165) is 35.3 Å². The summed E-state index contributed by atoms with van der Waals surface area (Å²) in [6, 6.07) is 2.06. The molecule has 22 heavy (non-hydrogen) atoms. The monoisotopic (exact) mass is 325 g/mol. The zero-order valence-electron chi connectivity index (χ0n) is 13.6. The molecule has 1 fully saturated rings. The van der Waals surface area contributed by atoms with Gasteiger partial charge in [-0.2, -0.15) is 0 Å². The Morgan fingerprint density at radius 3 is 2.41 bits per heavy atom. The van der Waals surface area contributed by atoms with Gasteiger partial charge in [0.1, 0.15) is 0 Å². The Morgan fingerprint density at radius 1 is 1.27 bits per heavy atom. The number of nitrogens with zero attached hydrogens (tertiary/aromatic N) is 1. The zero-order chi connectivity index (χ0) is 15.7. The Hall–Kier alpha value is -1.39. The summed E-state index contributed by atoms with van der Waals surface area (Å²) in [5.74, 6) is -0.876. The first-order chi connectivity index (χ1) is 9.81. The molecule has 5 heteroatoms. The maximum Gasteiger partial charge on any atom is 0.307 e. The third kappa shape index (κ3) is 3.68. The lowest BCUT2D eigenvalue weighted by atomic mass is 9.91. The number of hydrogen-bond acceptors (Lipinski definition) is 3. The van der Waals surface area contributed by atoms with Crippen molar-refractivity contribution in [3.05, 3.63) is 33.9 Å². The van der Waals surface area contributed by atoms with Gasteiger partial charge >= 0.3 is 5.97 Å². The average Bonchev–Trinajstić information content (AvgIpc) is 2.82. The van der Waals surface area contributed by atoms with E-state index in [1.54, 1.807) is 6.92 Å². The van der Waals surface area contributed by atoms with Gasteiger partial charge in [0.15, 0.2) is 5.78 Å². The quantitative estimate of drug-likeness (QED) is 0.864. The van der Waals surface area contributed by atoms with Gasteiger partial charge in [-0.1, -0.05) is 6.07 Å². The molecule has 0 radical (unpaired) electrons. The summed E-state index contributed by atoms with van der Waals surface area (Å²) in [5.41, 5.74) is 5.21. The summed E-state index contributed by atoms with van der Waals surface area (Å²) < 4.78 is 0. The van der Waals surface area contributed by atoms with Crippen molar-refractivity contribution >= 4 is 24.2 Å². The van der Waals surface area contributed by atoms with Crippen molar-refractivity contribution in [1.82, 2.24) is 4.90 Å². The summed E-state index contributed by atoms with van der Waals surface area (Å²) in [6.45, 7) is 9.75. The van der Waals surface area contributed by atoms with Gasteiger partial charge in [-0.25, -0.2) is 0 Å². The molecule has 1 aromatic rings. The molecule has 1 aliphatic heterocycles. The first-order valence-electron chi connectivity index (χ1n) is 7.37. The van der Waals surface area contributed by atoms with Gasteiger partial charge < -0.3 is 5.11 Å². The number of aryl methyl sites for hydroxylation is 2. The molecule has 1 unspecified atom stereocenters. The van der Waals surface area contributed by atoms with E-state index >= 15 is 0 Å². The minimum atomic E-state index is -0.709. The standard InChI is InChI=1S/C17H23NO3.ClH/c1-10-7-11(2)16(13(4)19)12(3)15(10)9-18-6-5-14(8-18)17(20)21;/h7,14H,5-6,8-9H2,1-4H3,(H,20,21);1H. The number of hydrogen-bond donors (Lipinski definition) is 1. The minimum Gasteiger partial charge on any atom is -0.481 e. The Kier molecular flexibility index (Phi) is 6.15. The third-order valence-corrected chi connectivity index (χ3v) is 4.49. The van der Waals surface area contributed by atoms with Crippen LogP contribution in [0.25, 0.3) is 0 Å². The van der Waals surface area contributed by atoms with E-state index in [1.807, 2.05) is 13.8 Å². The number of halogens is 1. The van der Waals surface area contributed by atoms with Gasteiger partial charge in [-0.05, 0) is 62.9 Å². The van der Waals surface area contributed by atoms with Crippen molar-refractivity contribution in [3.63, 3.8) is 0 Å². The van der Waals surface area contributed by atoms with Crippen LogP contribution in [0, 0.1) is 26.7 Å². The summed E-state index contributed by atoms with van der Waals surface area (Å²) in [7, 11) is 0. The molecule has 0 aliphatic carbocycles. The lowest BCUT2D eigenvalue weighted by Gasteiger charge is -2.21. The highest BCUT2D eigenvalue weighted by Crippen LogP contribution is 2.26. The second-order valence-electron chi connectivity index (χ2n) is 6.10. The molecule has 1 N–H and O–H groups in total. The molecule has 1 saturated heterocycles. The Morgan fingerprint density at radius 2 is 1.91 bits per heavy atom. The maximum absolute atomic E-state index is 11.8. The topological polar surface area (TPSA) is 57.6 Å². The molecule has 1 heterocycles. The van der Waals surface area contributed by atoms with Crippen molar-refractivity contribution < 1.29 is 14.7 Å². The predicted octanol–water partition coefficient (Wildman–Crippen LogP) is 3.14. The maximum atomic E-state index is 11.8. The highest BCUT2D eigenvalue weighted by atomic mass is 35.5. The van der Waals surface area contributed by atoms with Crippen LogP contribution < -0.4 is 0 Å². The molecule has 0 amide bonds. The Balaban J connectivity index is 0.00000242. The third-order valence-electron chi connectivity index (χ3n) is 4.49. The van der Waals surface area contributed by atoms with Crippen molar-refractivity contribution in [1.29, 1.82) is 0 Å². The second kappa shape index (κ2) is 7.25. The number of likely N-dealkylation sites (tertiary alicyclic amines) is 1. The van der Waals surface area contributed by atoms with Crippen molar-refractivity contribution in [3.8, 4) is 0 Å². The van der Waals surface area contributed by atoms with E-state index in [9.17, 15) is 9.59 Å². The Bertz CT molecular complexity index is 598. The van der Waals surface area contributed by atoms with Crippen molar-refractivity contribution in [2.45, 2.75) is 40.7 Å². The zero-order valence-corrected chi connectivity index (χ0v) is 14.4. The van der Waals surface area contributed by atoms with Gasteiger partial charge in [0.05, 0.1) is 5.92 Å². The fourth-order valence-electron chi connectivity index (χ4n) is 3.41. The molecule has 1 aliphatic rings. The SMILES string of the molecule is CC(=O)c1c(C)cc(C)c(CN2CCC(C(=O)O)C2)c1C.Cl. The van der Waals surface area contributed by atoms with Crippen LogP contribution >= 0.6 is 12.4 Å².